The van der Waals surface area contributed by atoms with Crippen molar-refractivity contribution in [3.05, 3.63) is 24.3 Å². The van der Waals surface area contributed by atoms with E-state index in [1.807, 2.05) is 0 Å². The minimum absolute atomic E-state index is 0.0321. The standard InChI is InChI=1S/C17H25NO5S/c1-13(2)9-11-23-15-5-7-16(8-6-15)24(21,22)18-10-3-4-14(12-18)17(19)20/h5-8,13-14H,3-4,9-12H2,1-2H3,(H,19,20). The Morgan fingerprint density at radius 2 is 2.00 bits per heavy atom. The number of piperidine rings is 1. The molecule has 0 saturated carbocycles. The van der Waals surface area contributed by atoms with Crippen molar-refractivity contribution < 1.29 is 23.1 Å². The van der Waals surface area contributed by atoms with Gasteiger partial charge in [0.25, 0.3) is 0 Å². The summed E-state index contributed by atoms with van der Waals surface area (Å²) in [4.78, 5) is 11.3. The van der Waals surface area contributed by atoms with Crippen molar-refractivity contribution in [1.82, 2.24) is 4.31 Å². The van der Waals surface area contributed by atoms with E-state index in [0.717, 1.165) is 6.42 Å². The van der Waals surface area contributed by atoms with E-state index in [9.17, 15) is 13.2 Å². The van der Waals surface area contributed by atoms with Gasteiger partial charge in [-0.15, -0.1) is 0 Å². The van der Waals surface area contributed by atoms with Gasteiger partial charge >= 0.3 is 5.97 Å². The summed E-state index contributed by atoms with van der Waals surface area (Å²) in [5, 5.41) is 9.11. The molecule has 1 aliphatic rings. The van der Waals surface area contributed by atoms with Crippen LogP contribution >= 0.6 is 0 Å². The summed E-state index contributed by atoms with van der Waals surface area (Å²) in [6, 6.07) is 6.33. The lowest BCUT2D eigenvalue weighted by Crippen LogP contribution is -2.42. The maximum Gasteiger partial charge on any atom is 0.307 e. The summed E-state index contributed by atoms with van der Waals surface area (Å²) in [7, 11) is -3.66. The van der Waals surface area contributed by atoms with Gasteiger partial charge in [-0.1, -0.05) is 13.8 Å². The third kappa shape index (κ3) is 4.70. The molecule has 0 amide bonds. The van der Waals surface area contributed by atoms with Gasteiger partial charge in [0.2, 0.25) is 10.0 Å². The first-order valence-electron chi connectivity index (χ1n) is 8.26. The number of carboxylic acid groups (broad SMARTS) is 1. The molecule has 7 heteroatoms. The molecule has 6 nitrogen and oxygen atoms in total. The zero-order chi connectivity index (χ0) is 17.7. The lowest BCUT2D eigenvalue weighted by atomic mass is 10.0. The van der Waals surface area contributed by atoms with Gasteiger partial charge in [0, 0.05) is 13.1 Å². The van der Waals surface area contributed by atoms with Gasteiger partial charge in [0.05, 0.1) is 17.4 Å². The average Bonchev–Trinajstić information content (AvgIpc) is 2.55. The van der Waals surface area contributed by atoms with Crippen LogP contribution in [-0.4, -0.2) is 43.5 Å². The van der Waals surface area contributed by atoms with Gasteiger partial charge < -0.3 is 9.84 Å². The first-order chi connectivity index (χ1) is 11.3. The summed E-state index contributed by atoms with van der Waals surface area (Å²) in [5.74, 6) is -0.390. The lowest BCUT2D eigenvalue weighted by Gasteiger charge is -2.29. The van der Waals surface area contributed by atoms with Crippen molar-refractivity contribution in [2.24, 2.45) is 11.8 Å². The second-order valence-corrected chi connectivity index (χ2v) is 8.48. The van der Waals surface area contributed by atoms with Gasteiger partial charge in [0.15, 0.2) is 0 Å². The second kappa shape index (κ2) is 7.98. The normalized spacial score (nSPS) is 19.4. The molecule has 1 unspecified atom stereocenters. The summed E-state index contributed by atoms with van der Waals surface area (Å²) in [5.41, 5.74) is 0. The first kappa shape index (κ1) is 18.7. The van der Waals surface area contributed by atoms with E-state index in [1.165, 1.54) is 16.4 Å². The minimum Gasteiger partial charge on any atom is -0.494 e. The highest BCUT2D eigenvalue weighted by molar-refractivity contribution is 7.89. The fourth-order valence-corrected chi connectivity index (χ4v) is 4.16. The van der Waals surface area contributed by atoms with Gasteiger partial charge in [-0.2, -0.15) is 4.31 Å². The number of hydrogen-bond acceptors (Lipinski definition) is 4. The molecule has 0 aromatic heterocycles. The van der Waals surface area contributed by atoms with Gasteiger partial charge in [-0.25, -0.2) is 8.42 Å². The van der Waals surface area contributed by atoms with Crippen LogP contribution in [0.2, 0.25) is 0 Å². The van der Waals surface area contributed by atoms with Gasteiger partial charge in [-0.05, 0) is 49.4 Å². The van der Waals surface area contributed by atoms with Crippen molar-refractivity contribution in [3.8, 4) is 5.75 Å². The molecule has 134 valence electrons. The molecule has 1 aromatic rings. The molecule has 0 aliphatic carbocycles. The van der Waals surface area contributed by atoms with Crippen LogP contribution in [0.1, 0.15) is 33.1 Å². The molecular formula is C17H25NO5S. The lowest BCUT2D eigenvalue weighted by molar-refractivity contribution is -0.142. The van der Waals surface area contributed by atoms with Crippen LogP contribution < -0.4 is 4.74 Å². The topological polar surface area (TPSA) is 83.9 Å². The number of ether oxygens (including phenoxy) is 1. The van der Waals surface area contributed by atoms with E-state index in [0.29, 0.717) is 37.7 Å². The van der Waals surface area contributed by atoms with E-state index in [2.05, 4.69) is 13.8 Å². The zero-order valence-electron chi connectivity index (χ0n) is 14.1. The van der Waals surface area contributed by atoms with Crippen LogP contribution in [0.3, 0.4) is 0 Å². The highest BCUT2D eigenvalue weighted by Gasteiger charge is 2.33. The van der Waals surface area contributed by atoms with Crippen LogP contribution in [0.25, 0.3) is 0 Å². The van der Waals surface area contributed by atoms with Crippen LogP contribution in [0.5, 0.6) is 5.75 Å². The van der Waals surface area contributed by atoms with E-state index in [4.69, 9.17) is 9.84 Å². The van der Waals surface area contributed by atoms with Crippen molar-refractivity contribution >= 4 is 16.0 Å². The maximum atomic E-state index is 12.7. The number of carboxylic acids is 1. The van der Waals surface area contributed by atoms with Crippen LogP contribution in [0.4, 0.5) is 0 Å². The maximum absolute atomic E-state index is 12.7. The summed E-state index contributed by atoms with van der Waals surface area (Å²) in [6.45, 7) is 5.21. The Morgan fingerprint density at radius 3 is 2.58 bits per heavy atom. The van der Waals surface area contributed by atoms with E-state index < -0.39 is 21.9 Å². The van der Waals surface area contributed by atoms with E-state index in [1.54, 1.807) is 12.1 Å². The summed E-state index contributed by atoms with van der Waals surface area (Å²) < 4.78 is 32.2. The number of aliphatic carboxylic acids is 1. The monoisotopic (exact) mass is 355 g/mol. The number of sulfonamides is 1. The third-order valence-electron chi connectivity index (χ3n) is 4.16. The highest BCUT2D eigenvalue weighted by Crippen LogP contribution is 2.25. The summed E-state index contributed by atoms with van der Waals surface area (Å²) >= 11 is 0. The zero-order valence-corrected chi connectivity index (χ0v) is 15.0. The predicted molar refractivity (Wildman–Crippen MR) is 90.5 cm³/mol. The molecule has 0 bridgehead atoms. The molecule has 1 N–H and O–H groups in total. The Labute approximate surface area is 143 Å². The molecule has 1 aromatic carbocycles. The molecule has 1 aliphatic heterocycles. The quantitative estimate of drug-likeness (QED) is 0.813. The van der Waals surface area contributed by atoms with E-state index >= 15 is 0 Å². The number of rotatable bonds is 7. The SMILES string of the molecule is CC(C)CCOc1ccc(S(=O)(=O)N2CCCC(C(=O)O)C2)cc1. The first-order valence-corrected chi connectivity index (χ1v) is 9.70. The molecule has 1 heterocycles. The minimum atomic E-state index is -3.66. The molecule has 2 rings (SSSR count). The predicted octanol–water partition coefficient (Wildman–Crippen LogP) is 2.60. The van der Waals surface area contributed by atoms with Crippen molar-refractivity contribution in [2.45, 2.75) is 38.0 Å². The van der Waals surface area contributed by atoms with Gasteiger partial charge in [-0.3, -0.25) is 4.79 Å². The Hall–Kier alpha value is -1.60. The van der Waals surface area contributed by atoms with Crippen molar-refractivity contribution in [3.63, 3.8) is 0 Å². The Kier molecular flexibility index (Phi) is 6.23. The van der Waals surface area contributed by atoms with Crippen molar-refractivity contribution in [2.75, 3.05) is 19.7 Å². The Balaban J connectivity index is 2.05. The molecule has 1 fully saturated rings. The number of nitrogens with zero attached hydrogens (tertiary/aromatic N) is 1. The molecule has 1 atom stereocenters. The Morgan fingerprint density at radius 1 is 1.33 bits per heavy atom. The largest absolute Gasteiger partial charge is 0.494 e. The number of hydrogen-bond donors (Lipinski definition) is 1. The van der Waals surface area contributed by atoms with Crippen LogP contribution in [0, 0.1) is 11.8 Å². The fraction of sp³-hybridized carbons (Fsp3) is 0.588. The third-order valence-corrected chi connectivity index (χ3v) is 6.04. The molecule has 0 spiro atoms. The summed E-state index contributed by atoms with van der Waals surface area (Å²) in [6.07, 6.45) is 2.01. The molecular weight excluding hydrogens is 330 g/mol. The smallest absolute Gasteiger partial charge is 0.307 e. The fourth-order valence-electron chi connectivity index (χ4n) is 2.63. The van der Waals surface area contributed by atoms with E-state index in [-0.39, 0.29) is 11.4 Å². The number of benzene rings is 1. The second-order valence-electron chi connectivity index (χ2n) is 6.54. The highest BCUT2D eigenvalue weighted by atomic mass is 32.2. The molecule has 0 radical (unpaired) electrons. The van der Waals surface area contributed by atoms with Gasteiger partial charge in [0.1, 0.15) is 5.75 Å². The Bertz CT molecular complexity index is 654. The molecule has 1 saturated heterocycles. The molecule has 24 heavy (non-hydrogen) atoms. The van der Waals surface area contributed by atoms with Crippen LogP contribution in [-0.2, 0) is 14.8 Å². The van der Waals surface area contributed by atoms with Crippen LogP contribution in [0.15, 0.2) is 29.2 Å². The van der Waals surface area contributed by atoms with Crippen molar-refractivity contribution in [1.29, 1.82) is 0 Å². The number of carbonyl (C=O) groups is 1. The average molecular weight is 355 g/mol.